The SMILES string of the molecule is CCC1CC(O)(c2cc(C)cc(C)c2)CCO1. The van der Waals surface area contributed by atoms with Crippen molar-refractivity contribution in [3.05, 3.63) is 34.9 Å². The molecule has 2 atom stereocenters. The van der Waals surface area contributed by atoms with Crippen LogP contribution >= 0.6 is 0 Å². The molecule has 0 bridgehead atoms. The standard InChI is InChI=1S/C15H22O2/c1-4-14-10-15(16,5-6-17-14)13-8-11(2)7-12(3)9-13/h7-9,14,16H,4-6,10H2,1-3H3. The van der Waals surface area contributed by atoms with Crippen LogP contribution in [0.1, 0.15) is 42.9 Å². The van der Waals surface area contributed by atoms with E-state index in [4.69, 9.17) is 4.74 Å². The molecule has 1 fully saturated rings. The van der Waals surface area contributed by atoms with Crippen LogP contribution in [0.15, 0.2) is 18.2 Å². The van der Waals surface area contributed by atoms with Crippen LogP contribution in [0.4, 0.5) is 0 Å². The van der Waals surface area contributed by atoms with Gasteiger partial charge in [0.25, 0.3) is 0 Å². The maximum atomic E-state index is 10.8. The molecule has 1 N–H and O–H groups in total. The molecule has 2 rings (SSSR count). The van der Waals surface area contributed by atoms with Crippen molar-refractivity contribution in [1.82, 2.24) is 0 Å². The van der Waals surface area contributed by atoms with Gasteiger partial charge in [0.15, 0.2) is 0 Å². The Kier molecular flexibility index (Phi) is 3.55. The third-order valence-electron chi connectivity index (χ3n) is 3.65. The summed E-state index contributed by atoms with van der Waals surface area (Å²) in [6, 6.07) is 6.35. The third kappa shape index (κ3) is 2.70. The average Bonchev–Trinajstić information content (AvgIpc) is 2.28. The van der Waals surface area contributed by atoms with Crippen LogP contribution in [0.3, 0.4) is 0 Å². The first-order chi connectivity index (χ1) is 8.03. The summed E-state index contributed by atoms with van der Waals surface area (Å²) < 4.78 is 5.64. The first-order valence-electron chi connectivity index (χ1n) is 6.46. The van der Waals surface area contributed by atoms with Gasteiger partial charge in [-0.2, -0.15) is 0 Å². The Hall–Kier alpha value is -0.860. The van der Waals surface area contributed by atoms with Gasteiger partial charge in [-0.05, 0) is 25.8 Å². The molecule has 1 saturated heterocycles. The Morgan fingerprint density at radius 3 is 2.53 bits per heavy atom. The van der Waals surface area contributed by atoms with Gasteiger partial charge in [-0.25, -0.2) is 0 Å². The number of hydrogen-bond donors (Lipinski definition) is 1. The molecule has 0 aromatic heterocycles. The monoisotopic (exact) mass is 234 g/mol. The van der Waals surface area contributed by atoms with Crippen LogP contribution in [-0.2, 0) is 10.3 Å². The van der Waals surface area contributed by atoms with Crippen LogP contribution in [-0.4, -0.2) is 17.8 Å². The molecule has 0 saturated carbocycles. The first-order valence-corrected chi connectivity index (χ1v) is 6.46. The molecule has 0 amide bonds. The van der Waals surface area contributed by atoms with Gasteiger partial charge in [-0.3, -0.25) is 0 Å². The lowest BCUT2D eigenvalue weighted by Gasteiger charge is -2.37. The highest BCUT2D eigenvalue weighted by Gasteiger charge is 2.36. The quantitative estimate of drug-likeness (QED) is 0.852. The zero-order chi connectivity index (χ0) is 12.5. The third-order valence-corrected chi connectivity index (χ3v) is 3.65. The Labute approximate surface area is 104 Å². The molecule has 94 valence electrons. The normalized spacial score (nSPS) is 29.3. The highest BCUT2D eigenvalue weighted by molar-refractivity contribution is 5.32. The van der Waals surface area contributed by atoms with Crippen molar-refractivity contribution >= 4 is 0 Å². The first kappa shape index (κ1) is 12.6. The lowest BCUT2D eigenvalue weighted by Crippen LogP contribution is -2.38. The molecule has 2 heteroatoms. The zero-order valence-electron chi connectivity index (χ0n) is 11.0. The summed E-state index contributed by atoms with van der Waals surface area (Å²) in [4.78, 5) is 0. The lowest BCUT2D eigenvalue weighted by molar-refractivity contribution is -0.108. The molecular formula is C15H22O2. The van der Waals surface area contributed by atoms with Crippen molar-refractivity contribution in [1.29, 1.82) is 0 Å². The van der Waals surface area contributed by atoms with Gasteiger partial charge >= 0.3 is 0 Å². The van der Waals surface area contributed by atoms with E-state index in [1.165, 1.54) is 11.1 Å². The van der Waals surface area contributed by atoms with E-state index in [2.05, 4.69) is 39.0 Å². The van der Waals surface area contributed by atoms with E-state index in [1.807, 2.05) is 0 Å². The van der Waals surface area contributed by atoms with Crippen molar-refractivity contribution in [2.75, 3.05) is 6.61 Å². The molecule has 2 unspecified atom stereocenters. The van der Waals surface area contributed by atoms with Gasteiger partial charge in [0, 0.05) is 12.8 Å². The summed E-state index contributed by atoms with van der Waals surface area (Å²) in [7, 11) is 0. The Balaban J connectivity index is 2.30. The second kappa shape index (κ2) is 4.79. The molecule has 1 aromatic carbocycles. The van der Waals surface area contributed by atoms with Crippen LogP contribution in [0, 0.1) is 13.8 Å². The second-order valence-electron chi connectivity index (χ2n) is 5.26. The van der Waals surface area contributed by atoms with E-state index in [-0.39, 0.29) is 6.10 Å². The summed E-state index contributed by atoms with van der Waals surface area (Å²) in [5.74, 6) is 0. The van der Waals surface area contributed by atoms with Gasteiger partial charge < -0.3 is 9.84 Å². The van der Waals surface area contributed by atoms with Crippen molar-refractivity contribution in [2.24, 2.45) is 0 Å². The second-order valence-corrected chi connectivity index (χ2v) is 5.26. The van der Waals surface area contributed by atoms with E-state index in [0.717, 1.165) is 12.0 Å². The number of aryl methyl sites for hydroxylation is 2. The van der Waals surface area contributed by atoms with Crippen molar-refractivity contribution < 1.29 is 9.84 Å². The minimum atomic E-state index is -0.699. The Morgan fingerprint density at radius 2 is 1.94 bits per heavy atom. The molecule has 0 radical (unpaired) electrons. The molecule has 2 nitrogen and oxygen atoms in total. The highest BCUT2D eigenvalue weighted by atomic mass is 16.5. The van der Waals surface area contributed by atoms with E-state index < -0.39 is 5.60 Å². The molecular weight excluding hydrogens is 212 g/mol. The van der Waals surface area contributed by atoms with Crippen LogP contribution < -0.4 is 0 Å². The van der Waals surface area contributed by atoms with Crippen LogP contribution in [0.25, 0.3) is 0 Å². The van der Waals surface area contributed by atoms with E-state index in [9.17, 15) is 5.11 Å². The number of benzene rings is 1. The molecule has 0 aliphatic carbocycles. The molecule has 0 spiro atoms. The van der Waals surface area contributed by atoms with E-state index >= 15 is 0 Å². The number of aliphatic hydroxyl groups is 1. The van der Waals surface area contributed by atoms with Gasteiger partial charge in [0.2, 0.25) is 0 Å². The van der Waals surface area contributed by atoms with Crippen molar-refractivity contribution in [3.8, 4) is 0 Å². The largest absolute Gasteiger partial charge is 0.385 e. The number of rotatable bonds is 2. The summed E-state index contributed by atoms with van der Waals surface area (Å²) >= 11 is 0. The fourth-order valence-electron chi connectivity index (χ4n) is 2.70. The molecule has 1 aliphatic rings. The van der Waals surface area contributed by atoms with Gasteiger partial charge in [0.1, 0.15) is 0 Å². The minimum Gasteiger partial charge on any atom is -0.385 e. The molecule has 1 aliphatic heterocycles. The smallest absolute Gasteiger partial charge is 0.0943 e. The van der Waals surface area contributed by atoms with Crippen LogP contribution in [0.5, 0.6) is 0 Å². The summed E-state index contributed by atoms with van der Waals surface area (Å²) in [5, 5.41) is 10.8. The fraction of sp³-hybridized carbons (Fsp3) is 0.600. The van der Waals surface area contributed by atoms with Crippen molar-refractivity contribution in [2.45, 2.75) is 51.7 Å². The van der Waals surface area contributed by atoms with Gasteiger partial charge in [0.05, 0.1) is 18.3 Å². The Bertz CT molecular complexity index is 380. The maximum absolute atomic E-state index is 10.8. The predicted molar refractivity (Wildman–Crippen MR) is 69.1 cm³/mol. The minimum absolute atomic E-state index is 0.189. The number of hydrogen-bond acceptors (Lipinski definition) is 2. The summed E-state index contributed by atoms with van der Waals surface area (Å²) in [5.41, 5.74) is 2.79. The highest BCUT2D eigenvalue weighted by Crippen LogP contribution is 2.36. The predicted octanol–water partition coefficient (Wildman–Crippen LogP) is 3.08. The summed E-state index contributed by atoms with van der Waals surface area (Å²) in [6.07, 6.45) is 2.57. The number of ether oxygens (including phenoxy) is 1. The Morgan fingerprint density at radius 1 is 1.29 bits per heavy atom. The van der Waals surface area contributed by atoms with Gasteiger partial charge in [-0.15, -0.1) is 0 Å². The summed E-state index contributed by atoms with van der Waals surface area (Å²) in [6.45, 7) is 6.92. The maximum Gasteiger partial charge on any atom is 0.0943 e. The molecule has 1 heterocycles. The fourth-order valence-corrected chi connectivity index (χ4v) is 2.70. The van der Waals surface area contributed by atoms with E-state index in [1.54, 1.807) is 0 Å². The van der Waals surface area contributed by atoms with Gasteiger partial charge in [-0.1, -0.05) is 36.2 Å². The van der Waals surface area contributed by atoms with E-state index in [0.29, 0.717) is 19.4 Å². The van der Waals surface area contributed by atoms with Crippen molar-refractivity contribution in [3.63, 3.8) is 0 Å². The van der Waals surface area contributed by atoms with Crippen LogP contribution in [0.2, 0.25) is 0 Å². The molecule has 17 heavy (non-hydrogen) atoms. The average molecular weight is 234 g/mol. The lowest BCUT2D eigenvalue weighted by atomic mass is 9.82. The molecule has 1 aromatic rings. The zero-order valence-corrected chi connectivity index (χ0v) is 11.0. The topological polar surface area (TPSA) is 29.5 Å².